The Morgan fingerprint density at radius 2 is 1.71 bits per heavy atom. The predicted octanol–water partition coefficient (Wildman–Crippen LogP) is 2.83. The van der Waals surface area contributed by atoms with Gasteiger partial charge in [0, 0.05) is 0 Å². The maximum atomic E-state index is 11.7. The second-order valence-electron chi connectivity index (χ2n) is 4.69. The van der Waals surface area contributed by atoms with Crippen LogP contribution in [0.3, 0.4) is 0 Å². The van der Waals surface area contributed by atoms with Crippen LogP contribution in [0, 0.1) is 5.92 Å². The Balaban J connectivity index is 3.83. The lowest BCUT2D eigenvalue weighted by molar-refractivity contribution is -0.150. The summed E-state index contributed by atoms with van der Waals surface area (Å²) in [4.78, 5) is 11.5. The molecule has 0 aliphatic carbocycles. The molecule has 0 heterocycles. The molecule has 0 N–H and O–H groups in total. The van der Waals surface area contributed by atoms with Gasteiger partial charge in [-0.3, -0.25) is 4.79 Å². The van der Waals surface area contributed by atoms with Crippen molar-refractivity contribution in [3.05, 3.63) is 0 Å². The van der Waals surface area contributed by atoms with Crippen molar-refractivity contribution in [3.8, 4) is 0 Å². The monoisotopic (exact) mass is 263 g/mol. The van der Waals surface area contributed by atoms with Gasteiger partial charge in [-0.2, -0.15) is 0 Å². The molecule has 0 fully saturated rings. The van der Waals surface area contributed by atoms with Crippen LogP contribution in [0.25, 0.3) is 0 Å². The van der Waals surface area contributed by atoms with Gasteiger partial charge in [0.05, 0.1) is 24.7 Å². The summed E-state index contributed by atoms with van der Waals surface area (Å²) in [7, 11) is -1.38. The van der Waals surface area contributed by atoms with Gasteiger partial charge in [-0.05, 0) is 34.6 Å². The molecule has 0 saturated carbocycles. The molecule has 0 aliphatic heterocycles. The van der Waals surface area contributed by atoms with E-state index in [-0.39, 0.29) is 24.1 Å². The summed E-state index contributed by atoms with van der Waals surface area (Å²) in [5.41, 5.74) is 0. The first kappa shape index (κ1) is 16.5. The first-order valence-electron chi connectivity index (χ1n) is 6.07. The average Bonchev–Trinajstić information content (AvgIpc) is 2.15. The van der Waals surface area contributed by atoms with Crippen molar-refractivity contribution in [1.29, 1.82) is 0 Å². The normalized spacial score (nSPS) is 13.9. The molecule has 4 nitrogen and oxygen atoms in total. The number of carbonyl (C=O) groups excluding carboxylic acids is 1. The Morgan fingerprint density at radius 1 is 1.12 bits per heavy atom. The van der Waals surface area contributed by atoms with Crippen LogP contribution in [0.2, 0.25) is 0 Å². The fourth-order valence-corrected chi connectivity index (χ4v) is 2.46. The molecular formula is C12H24O4P+. The number of rotatable bonds is 8. The van der Waals surface area contributed by atoms with Gasteiger partial charge in [0.2, 0.25) is 0 Å². The van der Waals surface area contributed by atoms with Gasteiger partial charge < -0.3 is 9.47 Å². The molecule has 5 heteroatoms. The summed E-state index contributed by atoms with van der Waals surface area (Å²) in [5, 5.41) is 0. The molecule has 2 unspecified atom stereocenters. The zero-order valence-electron chi connectivity index (χ0n) is 11.4. The molecule has 0 aromatic heterocycles. The summed E-state index contributed by atoms with van der Waals surface area (Å²) >= 11 is 0. The Morgan fingerprint density at radius 3 is 2.18 bits per heavy atom. The fraction of sp³-hybridized carbons (Fsp3) is 0.917. The Kier molecular flexibility index (Phi) is 8.36. The predicted molar refractivity (Wildman–Crippen MR) is 68.8 cm³/mol. The maximum absolute atomic E-state index is 11.7. The number of esters is 1. The van der Waals surface area contributed by atoms with Crippen molar-refractivity contribution in [2.24, 2.45) is 5.92 Å². The van der Waals surface area contributed by atoms with Crippen molar-refractivity contribution in [3.63, 3.8) is 0 Å². The third-order valence-electron chi connectivity index (χ3n) is 2.02. The highest BCUT2D eigenvalue weighted by Gasteiger charge is 2.26. The van der Waals surface area contributed by atoms with Crippen LogP contribution in [-0.2, 0) is 18.8 Å². The van der Waals surface area contributed by atoms with Gasteiger partial charge in [-0.1, -0.05) is 4.57 Å². The molecule has 17 heavy (non-hydrogen) atoms. The van der Waals surface area contributed by atoms with Crippen LogP contribution in [0.5, 0.6) is 0 Å². The van der Waals surface area contributed by atoms with Gasteiger partial charge in [-0.25, -0.2) is 0 Å². The highest BCUT2D eigenvalue weighted by Crippen LogP contribution is 2.24. The van der Waals surface area contributed by atoms with Crippen LogP contribution in [0.4, 0.5) is 0 Å². The van der Waals surface area contributed by atoms with E-state index in [1.807, 2.05) is 13.8 Å². The Bertz CT molecular complexity index is 251. The lowest BCUT2D eigenvalue weighted by Crippen LogP contribution is -2.21. The lowest BCUT2D eigenvalue weighted by Gasteiger charge is -2.10. The first-order valence-corrected chi connectivity index (χ1v) is 7.70. The maximum Gasteiger partial charge on any atom is 0.342 e. The quantitative estimate of drug-likeness (QED) is 0.499. The van der Waals surface area contributed by atoms with Crippen molar-refractivity contribution in [2.75, 3.05) is 18.9 Å². The van der Waals surface area contributed by atoms with E-state index < -0.39 is 7.80 Å². The van der Waals surface area contributed by atoms with Gasteiger partial charge in [0.15, 0.2) is 12.3 Å². The molecular weight excluding hydrogens is 239 g/mol. The van der Waals surface area contributed by atoms with E-state index in [0.29, 0.717) is 18.9 Å². The standard InChI is InChI=1S/C12H24O4P/c1-9(2)15-6-7-17(14)8-11(5)12(13)16-10(3)4/h9-11H,6-8H2,1-5H3/q+1. The largest absolute Gasteiger partial charge is 0.463 e. The topological polar surface area (TPSA) is 52.6 Å². The van der Waals surface area contributed by atoms with E-state index in [2.05, 4.69) is 0 Å². The third-order valence-corrected chi connectivity index (χ3v) is 3.66. The zero-order chi connectivity index (χ0) is 13.4. The minimum atomic E-state index is -1.38. The van der Waals surface area contributed by atoms with E-state index in [1.54, 1.807) is 20.8 Å². The Labute approximate surface area is 105 Å². The second-order valence-corrected chi connectivity index (χ2v) is 6.47. The molecule has 0 bridgehead atoms. The summed E-state index contributed by atoms with van der Waals surface area (Å²) in [5.74, 6) is -0.576. The van der Waals surface area contributed by atoms with E-state index in [0.717, 1.165) is 0 Å². The van der Waals surface area contributed by atoms with Gasteiger partial charge in [-0.15, -0.1) is 0 Å². The Hall–Kier alpha value is -0.470. The average molecular weight is 263 g/mol. The van der Waals surface area contributed by atoms with E-state index in [1.165, 1.54) is 0 Å². The molecule has 0 rings (SSSR count). The fourth-order valence-electron chi connectivity index (χ4n) is 1.21. The molecule has 0 radical (unpaired) electrons. The van der Waals surface area contributed by atoms with Crippen LogP contribution >= 0.6 is 7.80 Å². The number of hydrogen-bond acceptors (Lipinski definition) is 4. The van der Waals surface area contributed by atoms with E-state index in [9.17, 15) is 9.36 Å². The van der Waals surface area contributed by atoms with Gasteiger partial charge in [0.1, 0.15) is 0 Å². The highest BCUT2D eigenvalue weighted by molar-refractivity contribution is 7.44. The van der Waals surface area contributed by atoms with Gasteiger partial charge >= 0.3 is 13.8 Å². The molecule has 2 atom stereocenters. The molecule has 100 valence electrons. The minimum absolute atomic E-state index is 0.118. The highest BCUT2D eigenvalue weighted by atomic mass is 31.1. The van der Waals surface area contributed by atoms with E-state index in [4.69, 9.17) is 9.47 Å². The minimum Gasteiger partial charge on any atom is -0.463 e. The number of carbonyl (C=O) groups is 1. The van der Waals surface area contributed by atoms with Crippen molar-refractivity contribution in [1.82, 2.24) is 0 Å². The second kappa shape index (κ2) is 8.60. The summed E-state index contributed by atoms with van der Waals surface area (Å²) in [6.45, 7) is 9.73. The first-order chi connectivity index (χ1) is 7.82. The lowest BCUT2D eigenvalue weighted by atomic mass is 10.2. The van der Waals surface area contributed by atoms with Crippen LogP contribution in [-0.4, -0.2) is 37.1 Å². The summed E-state index contributed by atoms with van der Waals surface area (Å²) < 4.78 is 22.1. The van der Waals surface area contributed by atoms with Crippen molar-refractivity contribution >= 4 is 13.8 Å². The van der Waals surface area contributed by atoms with Crippen LogP contribution in [0.1, 0.15) is 34.6 Å². The molecule has 0 spiro atoms. The third kappa shape index (κ3) is 9.25. The molecule has 0 amide bonds. The summed E-state index contributed by atoms with van der Waals surface area (Å²) in [6.07, 6.45) is 0.920. The molecule has 0 aromatic rings. The number of hydrogen-bond donors (Lipinski definition) is 0. The van der Waals surface area contributed by atoms with Crippen LogP contribution in [0.15, 0.2) is 0 Å². The van der Waals surface area contributed by atoms with Crippen molar-refractivity contribution < 1.29 is 18.8 Å². The van der Waals surface area contributed by atoms with Gasteiger partial charge in [0.25, 0.3) is 0 Å². The number of ether oxygens (including phenoxy) is 2. The van der Waals surface area contributed by atoms with Crippen LogP contribution < -0.4 is 0 Å². The zero-order valence-corrected chi connectivity index (χ0v) is 12.3. The van der Waals surface area contributed by atoms with Crippen molar-refractivity contribution in [2.45, 2.75) is 46.8 Å². The summed E-state index contributed by atoms with van der Waals surface area (Å²) in [6, 6.07) is 0. The SMILES string of the molecule is CC(C)OCC[P+](=O)CC(C)C(=O)OC(C)C. The van der Waals surface area contributed by atoms with E-state index >= 15 is 0 Å². The molecule has 0 aromatic carbocycles. The smallest absolute Gasteiger partial charge is 0.342 e. The molecule has 0 aliphatic rings. The molecule has 0 saturated heterocycles.